The van der Waals surface area contributed by atoms with Crippen molar-refractivity contribution < 1.29 is 32.3 Å². The first kappa shape index (κ1) is 34.5. The molecule has 0 saturated carbocycles. The molecule has 0 fully saturated rings. The van der Waals surface area contributed by atoms with Gasteiger partial charge in [0.2, 0.25) is 0 Å². The second kappa shape index (κ2) is 14.0. The summed E-state index contributed by atoms with van der Waals surface area (Å²) in [5, 5.41) is 3.31. The normalized spacial score (nSPS) is 13.0. The summed E-state index contributed by atoms with van der Waals surface area (Å²) in [6, 6.07) is 10.0. The molecule has 7 nitrogen and oxygen atoms in total. The number of halogens is 3. The zero-order valence-electron chi connectivity index (χ0n) is 25.5. The van der Waals surface area contributed by atoms with Gasteiger partial charge in [-0.3, -0.25) is 4.79 Å². The lowest BCUT2D eigenvalue weighted by Crippen LogP contribution is -2.46. The van der Waals surface area contributed by atoms with Crippen molar-refractivity contribution in [1.82, 2.24) is 4.90 Å². The van der Waals surface area contributed by atoms with E-state index in [2.05, 4.69) is 43.9 Å². The second-order valence-electron chi connectivity index (χ2n) is 12.4. The molecule has 0 aromatic heterocycles. The van der Waals surface area contributed by atoms with Gasteiger partial charge in [-0.1, -0.05) is 50.6 Å². The van der Waals surface area contributed by atoms with Gasteiger partial charge in [0.05, 0.1) is 31.9 Å². The van der Waals surface area contributed by atoms with E-state index in [-0.39, 0.29) is 42.3 Å². The average molecular weight is 613 g/mol. The van der Waals surface area contributed by atoms with Gasteiger partial charge in [-0.2, -0.15) is 0 Å². The van der Waals surface area contributed by atoms with E-state index in [1.807, 2.05) is 18.2 Å². The van der Waals surface area contributed by atoms with E-state index in [1.54, 1.807) is 26.8 Å². The van der Waals surface area contributed by atoms with E-state index in [0.717, 1.165) is 5.56 Å². The van der Waals surface area contributed by atoms with Crippen LogP contribution in [0.1, 0.15) is 58.8 Å². The van der Waals surface area contributed by atoms with Crippen molar-refractivity contribution in [3.8, 4) is 0 Å². The van der Waals surface area contributed by atoms with Gasteiger partial charge in [-0.25, -0.2) is 13.6 Å². The number of methoxy groups -OCH3 is 1. The van der Waals surface area contributed by atoms with Crippen LogP contribution in [0.25, 0.3) is 0 Å². The van der Waals surface area contributed by atoms with Gasteiger partial charge in [0.1, 0.15) is 5.60 Å². The van der Waals surface area contributed by atoms with Crippen LogP contribution < -0.4 is 5.32 Å². The van der Waals surface area contributed by atoms with Crippen molar-refractivity contribution in [2.45, 2.75) is 77.8 Å². The topological polar surface area (TPSA) is 77.1 Å². The van der Waals surface area contributed by atoms with Gasteiger partial charge in [-0.05, 0) is 62.7 Å². The van der Waals surface area contributed by atoms with Crippen molar-refractivity contribution >= 4 is 37.7 Å². The Bertz CT molecular complexity index is 1210. The van der Waals surface area contributed by atoms with Gasteiger partial charge in [0, 0.05) is 23.7 Å². The Hall–Kier alpha value is -2.69. The number of carbonyl (C=O) groups excluding carboxylic acids is 2. The summed E-state index contributed by atoms with van der Waals surface area (Å²) >= 11 is 6.31. The number of esters is 1. The molecule has 1 atom stereocenters. The molecule has 0 heterocycles. The van der Waals surface area contributed by atoms with Crippen molar-refractivity contribution in [2.75, 3.05) is 32.1 Å². The van der Waals surface area contributed by atoms with Crippen molar-refractivity contribution in [3.63, 3.8) is 0 Å². The van der Waals surface area contributed by atoms with E-state index in [4.69, 9.17) is 20.8 Å². The van der Waals surface area contributed by atoms with Crippen LogP contribution in [-0.2, 0) is 25.1 Å². The molecule has 228 valence electrons. The molecule has 0 saturated heterocycles. The second-order valence-corrected chi connectivity index (χ2v) is 17.6. The van der Waals surface area contributed by atoms with Gasteiger partial charge < -0.3 is 24.1 Å². The highest BCUT2D eigenvalue weighted by Gasteiger charge is 2.40. The number of nitrogens with zero attached hydrogens (tertiary/aromatic N) is 1. The Balaban J connectivity index is 2.32. The van der Waals surface area contributed by atoms with E-state index >= 15 is 0 Å². The lowest BCUT2D eigenvalue weighted by Gasteiger charge is -2.40. The van der Waals surface area contributed by atoms with E-state index in [1.165, 1.54) is 24.1 Å². The van der Waals surface area contributed by atoms with Crippen molar-refractivity contribution in [1.29, 1.82) is 0 Å². The molecule has 0 radical (unpaired) electrons. The van der Waals surface area contributed by atoms with Gasteiger partial charge >= 0.3 is 12.1 Å². The van der Waals surface area contributed by atoms with Crippen LogP contribution >= 0.6 is 11.6 Å². The van der Waals surface area contributed by atoms with Crippen LogP contribution in [-0.4, -0.2) is 57.6 Å². The highest BCUT2D eigenvalue weighted by atomic mass is 35.5. The quantitative estimate of drug-likeness (QED) is 0.207. The molecule has 41 heavy (non-hydrogen) atoms. The zero-order valence-corrected chi connectivity index (χ0v) is 27.2. The third-order valence-corrected chi connectivity index (χ3v) is 11.6. The molecule has 1 unspecified atom stereocenters. The van der Waals surface area contributed by atoms with E-state index < -0.39 is 43.7 Å². The first-order chi connectivity index (χ1) is 18.8. The average Bonchev–Trinajstić information content (AvgIpc) is 2.84. The number of amides is 1. The Morgan fingerprint density at radius 2 is 1.71 bits per heavy atom. The molecule has 0 aliphatic rings. The first-order valence-electron chi connectivity index (χ1n) is 13.5. The van der Waals surface area contributed by atoms with Gasteiger partial charge in [0.15, 0.2) is 20.0 Å². The SMILES string of the molecule is COC(=O)Cc1ccc(NCCN(CC(O[Si](C)(C)C(C)(C)C)c2cccc(Cl)c2)C(=O)OC(C)(C)C)c(F)c1F. The Labute approximate surface area is 248 Å². The monoisotopic (exact) mass is 612 g/mol. The lowest BCUT2D eigenvalue weighted by atomic mass is 10.1. The molecule has 2 aromatic carbocycles. The number of hydrogen-bond donors (Lipinski definition) is 1. The Kier molecular flexibility index (Phi) is 11.8. The molecule has 2 rings (SSSR count). The summed E-state index contributed by atoms with van der Waals surface area (Å²) in [5.74, 6) is -2.92. The number of rotatable bonds is 11. The van der Waals surface area contributed by atoms with Gasteiger partial charge in [0.25, 0.3) is 0 Å². The molecular formula is C30H43ClF2N2O5Si. The maximum absolute atomic E-state index is 14.8. The zero-order chi connectivity index (χ0) is 31.2. The molecule has 2 aromatic rings. The number of hydrogen-bond acceptors (Lipinski definition) is 6. The maximum atomic E-state index is 14.8. The van der Waals surface area contributed by atoms with Crippen molar-refractivity contribution in [3.05, 3.63) is 64.2 Å². The minimum atomic E-state index is -2.30. The van der Waals surface area contributed by atoms with Crippen LogP contribution in [0.4, 0.5) is 19.3 Å². The first-order valence-corrected chi connectivity index (χ1v) is 16.8. The highest BCUT2D eigenvalue weighted by molar-refractivity contribution is 6.74. The molecule has 0 bridgehead atoms. The number of carbonyl (C=O) groups is 2. The third kappa shape index (κ3) is 10.3. The fraction of sp³-hybridized carbons (Fsp3) is 0.533. The molecule has 0 spiro atoms. The molecule has 0 aliphatic heterocycles. The Morgan fingerprint density at radius 3 is 2.27 bits per heavy atom. The Morgan fingerprint density at radius 1 is 1.05 bits per heavy atom. The summed E-state index contributed by atoms with van der Waals surface area (Å²) in [6.45, 7) is 16.3. The molecular weight excluding hydrogens is 570 g/mol. The predicted molar refractivity (Wildman–Crippen MR) is 161 cm³/mol. The number of nitrogens with one attached hydrogen (secondary N) is 1. The number of benzene rings is 2. The van der Waals surface area contributed by atoms with Crippen molar-refractivity contribution in [2.24, 2.45) is 0 Å². The maximum Gasteiger partial charge on any atom is 0.410 e. The van der Waals surface area contributed by atoms with Crippen LogP contribution in [0.2, 0.25) is 23.2 Å². The summed E-state index contributed by atoms with van der Waals surface area (Å²) in [7, 11) is -1.12. The van der Waals surface area contributed by atoms with Crippen LogP contribution in [0.3, 0.4) is 0 Å². The minimum absolute atomic E-state index is 0.0916. The molecule has 1 N–H and O–H groups in total. The number of anilines is 1. The smallest absolute Gasteiger partial charge is 0.410 e. The lowest BCUT2D eigenvalue weighted by molar-refractivity contribution is -0.139. The summed E-state index contributed by atoms with van der Waals surface area (Å²) in [5.41, 5.74) is -0.135. The predicted octanol–water partition coefficient (Wildman–Crippen LogP) is 7.75. The molecule has 1 amide bonds. The third-order valence-electron chi connectivity index (χ3n) is 6.92. The summed E-state index contributed by atoms with van der Waals surface area (Å²) < 4.78 is 46.3. The molecule has 11 heteroatoms. The van der Waals surface area contributed by atoms with E-state index in [9.17, 15) is 18.4 Å². The standard InChI is InChI=1S/C30H43ClF2N2O5Si/c1-29(2,3)39-28(37)35(16-15-34-23-14-13-21(18-25(36)38-7)26(32)27(23)33)19-24(20-11-10-12-22(31)17-20)40-41(8,9)30(4,5)6/h10-14,17,24,34H,15-16,18-19H2,1-9H3. The van der Waals surface area contributed by atoms with Crippen LogP contribution in [0, 0.1) is 11.6 Å². The summed E-state index contributed by atoms with van der Waals surface area (Å²) in [6.07, 6.45) is -1.45. The number of ether oxygens (including phenoxy) is 2. The largest absolute Gasteiger partial charge is 0.469 e. The summed E-state index contributed by atoms with van der Waals surface area (Å²) in [4.78, 5) is 26.3. The van der Waals surface area contributed by atoms with Crippen LogP contribution in [0.15, 0.2) is 36.4 Å². The van der Waals surface area contributed by atoms with Crippen LogP contribution in [0.5, 0.6) is 0 Å². The molecule has 0 aliphatic carbocycles. The van der Waals surface area contributed by atoms with Gasteiger partial charge in [-0.15, -0.1) is 0 Å². The minimum Gasteiger partial charge on any atom is -0.469 e. The highest BCUT2D eigenvalue weighted by Crippen LogP contribution is 2.40. The van der Waals surface area contributed by atoms with E-state index in [0.29, 0.717) is 5.02 Å². The fourth-order valence-corrected chi connectivity index (χ4v) is 5.12. The fourth-order valence-electron chi connectivity index (χ4n) is 3.65.